The van der Waals surface area contributed by atoms with Crippen LogP contribution in [0, 0.1) is 0 Å². The van der Waals surface area contributed by atoms with Gasteiger partial charge in [0.2, 0.25) is 5.91 Å². The second-order valence-electron chi connectivity index (χ2n) is 5.82. The number of halogens is 1. The lowest BCUT2D eigenvalue weighted by atomic mass is 10.3. The maximum Gasteiger partial charge on any atom is 0.246 e. The van der Waals surface area contributed by atoms with Crippen molar-refractivity contribution < 1.29 is 4.79 Å². The van der Waals surface area contributed by atoms with Crippen LogP contribution in [0.1, 0.15) is 10.7 Å². The van der Waals surface area contributed by atoms with Gasteiger partial charge in [-0.2, -0.15) is 0 Å². The summed E-state index contributed by atoms with van der Waals surface area (Å²) in [4.78, 5) is 22.9. The van der Waals surface area contributed by atoms with Crippen molar-refractivity contribution in [2.45, 2.75) is 6.54 Å². The largest absolute Gasteiger partial charge is 0.335 e. The molecule has 7 heteroatoms. The third-order valence-electron chi connectivity index (χ3n) is 3.99. The van der Waals surface area contributed by atoms with Gasteiger partial charge in [0.25, 0.3) is 0 Å². The minimum atomic E-state index is -0.119. The van der Waals surface area contributed by atoms with Crippen molar-refractivity contribution in [1.82, 2.24) is 19.3 Å². The summed E-state index contributed by atoms with van der Waals surface area (Å²) in [5.41, 5.74) is 2.39. The number of fused-ring (bicyclic) bond motifs is 2. The second-order valence-corrected chi connectivity index (χ2v) is 7.29. The number of carbonyl (C=O) groups is 1. The van der Waals surface area contributed by atoms with Crippen LogP contribution in [0.3, 0.4) is 0 Å². The fraction of sp³-hybridized carbons (Fsp3) is 0.105. The van der Waals surface area contributed by atoms with Gasteiger partial charge >= 0.3 is 0 Å². The molecule has 0 aliphatic carbocycles. The molecule has 1 amide bonds. The molecule has 0 aliphatic heterocycles. The molecule has 0 unspecified atom stereocenters. The SMILES string of the molecule is CN(Cc1nc2ccccc2s1)C(=O)/C=C/c1c(Cl)nc2ccccn12. The molecule has 0 aliphatic rings. The predicted octanol–water partition coefficient (Wildman–Crippen LogP) is 4.27. The Balaban J connectivity index is 1.51. The van der Waals surface area contributed by atoms with Crippen LogP contribution in [0.15, 0.2) is 54.7 Å². The summed E-state index contributed by atoms with van der Waals surface area (Å²) in [7, 11) is 1.76. The number of amides is 1. The Morgan fingerprint density at radius 3 is 2.88 bits per heavy atom. The predicted molar refractivity (Wildman–Crippen MR) is 105 cm³/mol. The Hall–Kier alpha value is -2.70. The van der Waals surface area contributed by atoms with Crippen LogP contribution in [-0.2, 0) is 11.3 Å². The van der Waals surface area contributed by atoms with Crippen molar-refractivity contribution in [1.29, 1.82) is 0 Å². The van der Waals surface area contributed by atoms with Gasteiger partial charge in [0.05, 0.1) is 22.5 Å². The summed E-state index contributed by atoms with van der Waals surface area (Å²) in [6.45, 7) is 0.462. The van der Waals surface area contributed by atoms with Crippen LogP contribution >= 0.6 is 22.9 Å². The fourth-order valence-corrected chi connectivity index (χ4v) is 3.94. The van der Waals surface area contributed by atoms with E-state index >= 15 is 0 Å². The summed E-state index contributed by atoms with van der Waals surface area (Å²) in [6.07, 6.45) is 5.07. The molecule has 0 saturated carbocycles. The van der Waals surface area contributed by atoms with E-state index in [1.165, 1.54) is 6.08 Å². The molecule has 0 N–H and O–H groups in total. The van der Waals surface area contributed by atoms with Gasteiger partial charge in [-0.3, -0.25) is 9.20 Å². The maximum absolute atomic E-state index is 12.4. The van der Waals surface area contributed by atoms with Gasteiger partial charge in [-0.1, -0.05) is 29.8 Å². The highest BCUT2D eigenvalue weighted by Crippen LogP contribution is 2.23. The molecule has 0 radical (unpaired) electrons. The molecule has 0 atom stereocenters. The van der Waals surface area contributed by atoms with Crippen LogP contribution < -0.4 is 0 Å². The normalized spacial score (nSPS) is 11.6. The lowest BCUT2D eigenvalue weighted by Gasteiger charge is -2.12. The van der Waals surface area contributed by atoms with Gasteiger partial charge in [-0.25, -0.2) is 9.97 Å². The van der Waals surface area contributed by atoms with Gasteiger partial charge < -0.3 is 4.90 Å². The average molecular weight is 383 g/mol. The Bertz CT molecular complexity index is 1100. The number of likely N-dealkylation sites (N-methyl/N-ethyl adjacent to an activating group) is 1. The number of carbonyl (C=O) groups excluding carboxylic acids is 1. The number of nitrogens with zero attached hydrogens (tertiary/aromatic N) is 4. The lowest BCUT2D eigenvalue weighted by molar-refractivity contribution is -0.125. The number of imidazole rings is 1. The standard InChI is InChI=1S/C19H15ClN4OS/c1-23(12-17-21-13-6-2-3-7-15(13)26-17)18(25)10-9-14-19(20)22-16-8-4-5-11-24(14)16/h2-11H,12H2,1H3/b10-9+. The van der Waals surface area contributed by atoms with E-state index in [4.69, 9.17) is 11.6 Å². The van der Waals surface area contributed by atoms with Crippen LogP contribution in [-0.4, -0.2) is 32.2 Å². The Labute approximate surface area is 159 Å². The quantitative estimate of drug-likeness (QED) is 0.495. The van der Waals surface area contributed by atoms with Gasteiger partial charge in [0, 0.05) is 19.3 Å². The molecular weight excluding hydrogens is 368 g/mol. The van der Waals surface area contributed by atoms with Gasteiger partial charge in [0.15, 0.2) is 5.15 Å². The molecule has 0 fully saturated rings. The zero-order chi connectivity index (χ0) is 18.1. The van der Waals surface area contributed by atoms with E-state index in [9.17, 15) is 4.79 Å². The molecule has 3 heterocycles. The highest BCUT2D eigenvalue weighted by molar-refractivity contribution is 7.18. The first-order valence-electron chi connectivity index (χ1n) is 8.02. The van der Waals surface area contributed by atoms with E-state index < -0.39 is 0 Å². The molecule has 4 aromatic rings. The number of hydrogen-bond donors (Lipinski definition) is 0. The summed E-state index contributed by atoms with van der Waals surface area (Å²) >= 11 is 7.79. The van der Waals surface area contributed by atoms with Crippen molar-refractivity contribution in [2.24, 2.45) is 0 Å². The zero-order valence-electron chi connectivity index (χ0n) is 14.0. The van der Waals surface area contributed by atoms with Crippen molar-refractivity contribution in [3.63, 3.8) is 0 Å². The molecular formula is C19H15ClN4OS. The first-order valence-corrected chi connectivity index (χ1v) is 9.21. The summed E-state index contributed by atoms with van der Waals surface area (Å²) in [5.74, 6) is -0.119. The lowest BCUT2D eigenvalue weighted by Crippen LogP contribution is -2.24. The van der Waals surface area contributed by atoms with E-state index in [0.717, 1.165) is 20.9 Å². The molecule has 3 aromatic heterocycles. The van der Waals surface area contributed by atoms with Crippen LogP contribution in [0.2, 0.25) is 5.15 Å². The minimum Gasteiger partial charge on any atom is -0.335 e. The number of pyridine rings is 1. The molecule has 0 saturated heterocycles. The van der Waals surface area contributed by atoms with Crippen LogP contribution in [0.25, 0.3) is 21.9 Å². The van der Waals surface area contributed by atoms with Crippen molar-refractivity contribution in [3.8, 4) is 0 Å². The Kier molecular flexibility index (Phi) is 4.44. The molecule has 4 rings (SSSR count). The molecule has 5 nitrogen and oxygen atoms in total. The Morgan fingerprint density at radius 1 is 1.23 bits per heavy atom. The zero-order valence-corrected chi connectivity index (χ0v) is 15.5. The molecule has 1 aromatic carbocycles. The number of aromatic nitrogens is 3. The number of benzene rings is 1. The van der Waals surface area contributed by atoms with Gasteiger partial charge in [-0.15, -0.1) is 11.3 Å². The van der Waals surface area contributed by atoms with Crippen LogP contribution in [0.4, 0.5) is 0 Å². The summed E-state index contributed by atoms with van der Waals surface area (Å²) in [5, 5.41) is 1.28. The van der Waals surface area contributed by atoms with Crippen molar-refractivity contribution in [3.05, 3.63) is 70.6 Å². The molecule has 0 bridgehead atoms. The first-order chi connectivity index (χ1) is 12.6. The van der Waals surface area contributed by atoms with E-state index in [2.05, 4.69) is 9.97 Å². The topological polar surface area (TPSA) is 50.5 Å². The maximum atomic E-state index is 12.4. The Morgan fingerprint density at radius 2 is 2.04 bits per heavy atom. The minimum absolute atomic E-state index is 0.119. The smallest absolute Gasteiger partial charge is 0.246 e. The molecule has 130 valence electrons. The van der Waals surface area contributed by atoms with Crippen LogP contribution in [0.5, 0.6) is 0 Å². The third kappa shape index (κ3) is 3.21. The number of rotatable bonds is 4. The number of para-hydroxylation sites is 1. The van der Waals surface area contributed by atoms with Crippen molar-refractivity contribution >= 4 is 50.8 Å². The summed E-state index contributed by atoms with van der Waals surface area (Å²) < 4.78 is 2.97. The second kappa shape index (κ2) is 6.90. The van der Waals surface area contributed by atoms with Gasteiger partial charge in [0.1, 0.15) is 10.7 Å². The summed E-state index contributed by atoms with van der Waals surface area (Å²) in [6, 6.07) is 13.6. The highest BCUT2D eigenvalue weighted by atomic mass is 35.5. The molecule has 0 spiro atoms. The number of hydrogen-bond acceptors (Lipinski definition) is 4. The van der Waals surface area contributed by atoms with E-state index in [1.807, 2.05) is 53.1 Å². The highest BCUT2D eigenvalue weighted by Gasteiger charge is 2.11. The first kappa shape index (κ1) is 16.8. The van der Waals surface area contributed by atoms with Gasteiger partial charge in [-0.05, 0) is 30.3 Å². The van der Waals surface area contributed by atoms with E-state index in [1.54, 1.807) is 29.4 Å². The third-order valence-corrected chi connectivity index (χ3v) is 5.29. The van der Waals surface area contributed by atoms with E-state index in [0.29, 0.717) is 17.4 Å². The fourth-order valence-electron chi connectivity index (χ4n) is 2.68. The number of thiazole rings is 1. The van der Waals surface area contributed by atoms with E-state index in [-0.39, 0.29) is 5.91 Å². The van der Waals surface area contributed by atoms with Crippen molar-refractivity contribution in [2.75, 3.05) is 7.05 Å². The molecule has 26 heavy (non-hydrogen) atoms. The monoisotopic (exact) mass is 382 g/mol. The average Bonchev–Trinajstić information content (AvgIpc) is 3.18.